The van der Waals surface area contributed by atoms with E-state index in [-0.39, 0.29) is 11.7 Å². The Balaban J connectivity index is 2.33. The van der Waals surface area contributed by atoms with Gasteiger partial charge in [0.15, 0.2) is 0 Å². The van der Waals surface area contributed by atoms with E-state index in [1.165, 1.54) is 19.3 Å². The average molecular weight is 204 g/mol. The predicted octanol–water partition coefficient (Wildman–Crippen LogP) is 3.04. The summed E-state index contributed by atoms with van der Waals surface area (Å²) in [5.74, 6) is 3.02. The maximum Gasteiger partial charge on any atom is 0.208 e. The van der Waals surface area contributed by atoms with Crippen LogP contribution in [0.3, 0.4) is 0 Å². The minimum Gasteiger partial charge on any atom is -0.285 e. The van der Waals surface area contributed by atoms with E-state index >= 15 is 0 Å². The molecule has 0 aromatic rings. The van der Waals surface area contributed by atoms with Gasteiger partial charge in [-0.15, -0.1) is 6.42 Å². The maximum absolute atomic E-state index is 11.8. The Bertz CT molecular complexity index is 334. The molecule has 0 radical (unpaired) electrons. The molecule has 2 fully saturated rings. The van der Waals surface area contributed by atoms with Gasteiger partial charge in [0, 0.05) is 5.92 Å². The van der Waals surface area contributed by atoms with E-state index in [2.05, 4.69) is 26.7 Å². The van der Waals surface area contributed by atoms with Gasteiger partial charge in [0.2, 0.25) is 5.78 Å². The van der Waals surface area contributed by atoms with Crippen LogP contribution in [0.2, 0.25) is 0 Å². The largest absolute Gasteiger partial charge is 0.285 e. The molecule has 15 heavy (non-hydrogen) atoms. The van der Waals surface area contributed by atoms with Crippen LogP contribution >= 0.6 is 0 Å². The third kappa shape index (κ3) is 1.42. The van der Waals surface area contributed by atoms with Gasteiger partial charge >= 0.3 is 0 Å². The fourth-order valence-electron chi connectivity index (χ4n) is 4.21. The van der Waals surface area contributed by atoms with Crippen molar-refractivity contribution < 1.29 is 4.79 Å². The molecule has 2 aliphatic carbocycles. The number of fused-ring (bicyclic) bond motifs is 1. The summed E-state index contributed by atoms with van der Waals surface area (Å²) in [6, 6.07) is 0. The molecule has 2 rings (SSSR count). The first-order chi connectivity index (χ1) is 6.91. The molecule has 1 nitrogen and oxygen atoms in total. The SMILES string of the molecule is C#CC(=O)[C@H]1CC[C@]2(C)CCC(C)(C)[C@H]12. The third-order valence-corrected chi connectivity index (χ3v) is 4.84. The smallest absolute Gasteiger partial charge is 0.208 e. The highest BCUT2D eigenvalue weighted by molar-refractivity contribution is 5.97. The van der Waals surface area contributed by atoms with Crippen molar-refractivity contribution in [3.8, 4) is 12.3 Å². The predicted molar refractivity (Wildman–Crippen MR) is 61.2 cm³/mol. The monoisotopic (exact) mass is 204 g/mol. The van der Waals surface area contributed by atoms with Gasteiger partial charge in [-0.1, -0.05) is 20.8 Å². The second kappa shape index (κ2) is 3.11. The van der Waals surface area contributed by atoms with Crippen LogP contribution < -0.4 is 0 Å². The van der Waals surface area contributed by atoms with Crippen LogP contribution in [0.4, 0.5) is 0 Å². The van der Waals surface area contributed by atoms with E-state index in [1.54, 1.807) is 0 Å². The molecule has 0 saturated heterocycles. The van der Waals surface area contributed by atoms with Crippen LogP contribution in [0.1, 0.15) is 46.5 Å². The van der Waals surface area contributed by atoms with E-state index < -0.39 is 0 Å². The molecule has 0 amide bonds. The van der Waals surface area contributed by atoms with Gasteiger partial charge < -0.3 is 0 Å². The first-order valence-corrected chi connectivity index (χ1v) is 5.91. The summed E-state index contributed by atoms with van der Waals surface area (Å²) in [4.78, 5) is 11.8. The van der Waals surface area contributed by atoms with Crippen molar-refractivity contribution in [2.24, 2.45) is 22.7 Å². The van der Waals surface area contributed by atoms with Crippen LogP contribution in [-0.4, -0.2) is 5.78 Å². The zero-order valence-electron chi connectivity index (χ0n) is 9.97. The van der Waals surface area contributed by atoms with Gasteiger partial charge in [0.1, 0.15) is 0 Å². The molecule has 0 unspecified atom stereocenters. The van der Waals surface area contributed by atoms with Crippen molar-refractivity contribution in [2.75, 3.05) is 0 Å². The number of rotatable bonds is 1. The summed E-state index contributed by atoms with van der Waals surface area (Å²) in [6.07, 6.45) is 9.96. The van der Waals surface area contributed by atoms with Crippen molar-refractivity contribution in [1.29, 1.82) is 0 Å². The highest BCUT2D eigenvalue weighted by Crippen LogP contribution is 2.64. The van der Waals surface area contributed by atoms with E-state index in [0.29, 0.717) is 16.7 Å². The molecule has 0 heterocycles. The number of terminal acetylenes is 1. The van der Waals surface area contributed by atoms with Crippen molar-refractivity contribution in [1.82, 2.24) is 0 Å². The van der Waals surface area contributed by atoms with E-state index in [9.17, 15) is 4.79 Å². The number of hydrogen-bond acceptors (Lipinski definition) is 1. The number of carbonyl (C=O) groups excluding carboxylic acids is 1. The van der Waals surface area contributed by atoms with E-state index in [0.717, 1.165) is 6.42 Å². The van der Waals surface area contributed by atoms with Gasteiger partial charge in [-0.25, -0.2) is 0 Å². The summed E-state index contributed by atoms with van der Waals surface area (Å²) in [5, 5.41) is 0. The summed E-state index contributed by atoms with van der Waals surface area (Å²) in [5.41, 5.74) is 0.670. The van der Waals surface area contributed by atoms with Crippen molar-refractivity contribution >= 4 is 5.78 Å². The lowest BCUT2D eigenvalue weighted by atomic mass is 9.69. The van der Waals surface area contributed by atoms with Crippen molar-refractivity contribution in [3.05, 3.63) is 0 Å². The molecular weight excluding hydrogens is 184 g/mol. The summed E-state index contributed by atoms with van der Waals surface area (Å²) >= 11 is 0. The lowest BCUT2D eigenvalue weighted by Crippen LogP contribution is -2.32. The van der Waals surface area contributed by atoms with Gasteiger partial charge in [-0.3, -0.25) is 4.79 Å². The Kier molecular flexibility index (Phi) is 2.23. The fourth-order valence-corrected chi connectivity index (χ4v) is 4.21. The average Bonchev–Trinajstić information content (AvgIpc) is 2.63. The molecule has 0 bridgehead atoms. The summed E-state index contributed by atoms with van der Waals surface area (Å²) in [7, 11) is 0. The molecule has 0 aromatic carbocycles. The minimum absolute atomic E-state index is 0.0405. The van der Waals surface area contributed by atoms with Crippen LogP contribution in [0.25, 0.3) is 0 Å². The molecular formula is C14H20O. The molecule has 2 aliphatic rings. The van der Waals surface area contributed by atoms with Crippen LogP contribution in [0.5, 0.6) is 0 Å². The highest BCUT2D eigenvalue weighted by Gasteiger charge is 2.57. The van der Waals surface area contributed by atoms with Crippen molar-refractivity contribution in [2.45, 2.75) is 46.5 Å². The third-order valence-electron chi connectivity index (χ3n) is 4.84. The van der Waals surface area contributed by atoms with Gasteiger partial charge in [-0.05, 0) is 48.4 Å². The second-order valence-electron chi connectivity index (χ2n) is 6.27. The normalized spacial score (nSPS) is 42.3. The van der Waals surface area contributed by atoms with Gasteiger partial charge in [-0.2, -0.15) is 0 Å². The van der Waals surface area contributed by atoms with Gasteiger partial charge in [0.05, 0.1) is 0 Å². The first kappa shape index (κ1) is 10.7. The number of Topliss-reactive ketones (excluding diaryl/α,β-unsaturated/α-hetero) is 1. The molecule has 3 atom stereocenters. The number of hydrogen-bond donors (Lipinski definition) is 0. The Morgan fingerprint density at radius 3 is 2.53 bits per heavy atom. The minimum atomic E-state index is 0.0405. The Morgan fingerprint density at radius 2 is 1.93 bits per heavy atom. The molecule has 0 spiro atoms. The summed E-state index contributed by atoms with van der Waals surface area (Å²) < 4.78 is 0. The first-order valence-electron chi connectivity index (χ1n) is 5.91. The van der Waals surface area contributed by atoms with Crippen LogP contribution in [0, 0.1) is 35.0 Å². The Labute approximate surface area is 92.6 Å². The Morgan fingerprint density at radius 1 is 1.27 bits per heavy atom. The number of ketones is 1. The topological polar surface area (TPSA) is 17.1 Å². The van der Waals surface area contributed by atoms with E-state index in [1.807, 2.05) is 0 Å². The highest BCUT2D eigenvalue weighted by atomic mass is 16.1. The zero-order chi connectivity index (χ0) is 11.3. The zero-order valence-corrected chi connectivity index (χ0v) is 9.97. The fraction of sp³-hybridized carbons (Fsp3) is 0.786. The lowest BCUT2D eigenvalue weighted by Gasteiger charge is -2.34. The molecule has 82 valence electrons. The standard InChI is InChI=1S/C14H20O/c1-5-11(15)10-6-7-14(4)9-8-13(2,3)12(10)14/h1,10,12H,6-9H2,2-4H3/t10-,12+,14-/m1/s1. The number of carbonyl (C=O) groups is 1. The second-order valence-corrected chi connectivity index (χ2v) is 6.27. The quantitative estimate of drug-likeness (QED) is 0.474. The van der Waals surface area contributed by atoms with Gasteiger partial charge in [0.25, 0.3) is 0 Å². The molecule has 0 N–H and O–H groups in total. The Hall–Kier alpha value is -0.770. The summed E-state index contributed by atoms with van der Waals surface area (Å²) in [6.45, 7) is 6.94. The lowest BCUT2D eigenvalue weighted by molar-refractivity contribution is -0.120. The van der Waals surface area contributed by atoms with Crippen molar-refractivity contribution in [3.63, 3.8) is 0 Å². The molecule has 2 saturated carbocycles. The van der Waals surface area contributed by atoms with E-state index in [4.69, 9.17) is 6.42 Å². The molecule has 1 heteroatoms. The van der Waals surface area contributed by atoms with Crippen LogP contribution in [-0.2, 0) is 4.79 Å². The maximum atomic E-state index is 11.8. The van der Waals surface area contributed by atoms with Crippen LogP contribution in [0.15, 0.2) is 0 Å². The molecule has 0 aromatic heterocycles. The molecule has 0 aliphatic heterocycles.